The number of carbonyl (C=O) groups excluding carboxylic acids is 1. The highest BCUT2D eigenvalue weighted by Crippen LogP contribution is 2.14. The number of amides is 1. The van der Waals surface area contributed by atoms with E-state index in [-0.39, 0.29) is 5.91 Å². The molecule has 1 aromatic carbocycles. The van der Waals surface area contributed by atoms with Crippen molar-refractivity contribution >= 4 is 33.2 Å². The molecule has 0 aliphatic rings. The number of nitrogens with zero attached hydrogens (tertiary/aromatic N) is 5. The second-order valence-electron chi connectivity index (χ2n) is 5.08. The Kier molecular flexibility index (Phi) is 3.27. The van der Waals surface area contributed by atoms with E-state index in [4.69, 9.17) is 0 Å². The Labute approximate surface area is 134 Å². The van der Waals surface area contributed by atoms with Gasteiger partial charge in [0.05, 0.1) is 17.4 Å². The zero-order chi connectivity index (χ0) is 15.8. The number of hydrogen-bond donors (Lipinski definition) is 2. The third kappa shape index (κ3) is 2.55. The van der Waals surface area contributed by atoms with Gasteiger partial charge in [0.1, 0.15) is 5.01 Å². The third-order valence-electron chi connectivity index (χ3n) is 3.50. The van der Waals surface area contributed by atoms with Crippen LogP contribution in [0.3, 0.4) is 0 Å². The molecule has 0 spiro atoms. The molecule has 9 heteroatoms. The minimum absolute atomic E-state index is 0.110. The first-order chi connectivity index (χ1) is 11.2. The van der Waals surface area contributed by atoms with E-state index in [1.807, 2.05) is 13.0 Å². The molecule has 0 bridgehead atoms. The van der Waals surface area contributed by atoms with Crippen LogP contribution in [0.1, 0.15) is 21.2 Å². The van der Waals surface area contributed by atoms with Gasteiger partial charge in [0.2, 0.25) is 4.96 Å². The molecule has 0 fully saturated rings. The highest BCUT2D eigenvalue weighted by Gasteiger charge is 2.10. The quantitative estimate of drug-likeness (QED) is 0.589. The number of imidazole rings is 1. The van der Waals surface area contributed by atoms with Gasteiger partial charge in [-0.05, 0) is 25.1 Å². The van der Waals surface area contributed by atoms with E-state index in [0.29, 0.717) is 18.5 Å². The van der Waals surface area contributed by atoms with Crippen molar-refractivity contribution in [2.75, 3.05) is 6.54 Å². The molecule has 4 rings (SSSR count). The Morgan fingerprint density at radius 1 is 1.39 bits per heavy atom. The van der Waals surface area contributed by atoms with E-state index >= 15 is 0 Å². The molecule has 0 atom stereocenters. The summed E-state index contributed by atoms with van der Waals surface area (Å²) in [6.07, 6.45) is 2.27. The molecule has 2 N–H and O–H groups in total. The SMILES string of the molecule is Cc1nnc2sc(CCNC(=O)c3ccc4nc[nH]c4c3)nn12. The Hall–Kier alpha value is -2.81. The van der Waals surface area contributed by atoms with E-state index < -0.39 is 0 Å². The summed E-state index contributed by atoms with van der Waals surface area (Å²) in [6.45, 7) is 2.37. The lowest BCUT2D eigenvalue weighted by Crippen LogP contribution is -2.25. The smallest absolute Gasteiger partial charge is 0.251 e. The fraction of sp³-hybridized carbons (Fsp3) is 0.214. The second kappa shape index (κ2) is 5.43. The monoisotopic (exact) mass is 327 g/mol. The van der Waals surface area contributed by atoms with Gasteiger partial charge in [-0.2, -0.15) is 9.61 Å². The molecule has 0 unspecified atom stereocenters. The predicted octanol–water partition coefficient (Wildman–Crippen LogP) is 1.34. The molecule has 0 saturated heterocycles. The van der Waals surface area contributed by atoms with Crippen LogP contribution >= 0.6 is 11.3 Å². The van der Waals surface area contributed by atoms with Crippen molar-refractivity contribution in [3.05, 3.63) is 40.9 Å². The van der Waals surface area contributed by atoms with Crippen molar-refractivity contribution < 1.29 is 4.79 Å². The molecule has 3 heterocycles. The van der Waals surface area contributed by atoms with Gasteiger partial charge in [0, 0.05) is 18.5 Å². The maximum atomic E-state index is 12.2. The molecule has 1 amide bonds. The fourth-order valence-electron chi connectivity index (χ4n) is 2.32. The van der Waals surface area contributed by atoms with Crippen molar-refractivity contribution in [2.45, 2.75) is 13.3 Å². The van der Waals surface area contributed by atoms with Crippen LogP contribution in [-0.4, -0.2) is 42.2 Å². The minimum atomic E-state index is -0.110. The van der Waals surface area contributed by atoms with Gasteiger partial charge in [-0.25, -0.2) is 4.98 Å². The summed E-state index contributed by atoms with van der Waals surface area (Å²) in [5.41, 5.74) is 2.30. The second-order valence-corrected chi connectivity index (χ2v) is 6.12. The lowest BCUT2D eigenvalue weighted by Gasteiger charge is -2.03. The average molecular weight is 327 g/mol. The van der Waals surface area contributed by atoms with Gasteiger partial charge in [-0.1, -0.05) is 11.3 Å². The third-order valence-corrected chi connectivity index (χ3v) is 4.45. The summed E-state index contributed by atoms with van der Waals surface area (Å²) < 4.78 is 1.72. The molecular weight excluding hydrogens is 314 g/mol. The summed E-state index contributed by atoms with van der Waals surface area (Å²) in [4.78, 5) is 20.1. The van der Waals surface area contributed by atoms with Gasteiger partial charge < -0.3 is 10.3 Å². The number of rotatable bonds is 4. The van der Waals surface area contributed by atoms with Gasteiger partial charge in [0.25, 0.3) is 5.91 Å². The molecule has 0 saturated carbocycles. The van der Waals surface area contributed by atoms with E-state index in [1.165, 1.54) is 11.3 Å². The standard InChI is InChI=1S/C14H13N7OS/c1-8-18-19-14-21(8)20-12(23-14)4-5-15-13(22)9-2-3-10-11(6-9)17-7-16-10/h2-3,6-7H,4-5H2,1H3,(H,15,22)(H,16,17). The van der Waals surface area contributed by atoms with Gasteiger partial charge in [-0.15, -0.1) is 10.2 Å². The van der Waals surface area contributed by atoms with Gasteiger partial charge in [0.15, 0.2) is 5.82 Å². The molecule has 116 valence electrons. The Balaban J connectivity index is 1.40. The lowest BCUT2D eigenvalue weighted by atomic mass is 10.2. The van der Waals surface area contributed by atoms with Gasteiger partial charge >= 0.3 is 0 Å². The highest BCUT2D eigenvalue weighted by molar-refractivity contribution is 7.16. The summed E-state index contributed by atoms with van der Waals surface area (Å²) in [5, 5.41) is 16.2. The van der Waals surface area contributed by atoms with E-state index in [9.17, 15) is 4.79 Å². The van der Waals surface area contributed by atoms with Crippen LogP contribution < -0.4 is 5.32 Å². The number of hydrogen-bond acceptors (Lipinski definition) is 6. The maximum Gasteiger partial charge on any atom is 0.251 e. The number of H-pyrrole nitrogens is 1. The average Bonchev–Trinajstić information content (AvgIpc) is 3.24. The first-order valence-corrected chi connectivity index (χ1v) is 7.91. The van der Waals surface area contributed by atoms with Crippen molar-refractivity contribution in [3.63, 3.8) is 0 Å². The first kappa shape index (κ1) is 13.8. The van der Waals surface area contributed by atoms with Crippen LogP contribution in [0.25, 0.3) is 16.0 Å². The highest BCUT2D eigenvalue weighted by atomic mass is 32.1. The van der Waals surface area contributed by atoms with Crippen LogP contribution in [0, 0.1) is 6.92 Å². The van der Waals surface area contributed by atoms with Crippen LogP contribution in [0.5, 0.6) is 0 Å². The number of fused-ring (bicyclic) bond motifs is 2. The Morgan fingerprint density at radius 3 is 3.17 bits per heavy atom. The molecule has 3 aromatic heterocycles. The van der Waals surface area contributed by atoms with Gasteiger partial charge in [-0.3, -0.25) is 4.79 Å². The largest absolute Gasteiger partial charge is 0.352 e. The minimum Gasteiger partial charge on any atom is -0.352 e. The van der Waals surface area contributed by atoms with Crippen molar-refractivity contribution in [3.8, 4) is 0 Å². The summed E-state index contributed by atoms with van der Waals surface area (Å²) in [6, 6.07) is 5.39. The van der Waals surface area contributed by atoms with Crippen LogP contribution in [0.2, 0.25) is 0 Å². The zero-order valence-corrected chi connectivity index (χ0v) is 13.1. The Bertz CT molecular complexity index is 999. The number of aromatic nitrogens is 6. The number of aryl methyl sites for hydroxylation is 1. The number of aromatic amines is 1. The number of nitrogens with one attached hydrogen (secondary N) is 2. The number of benzene rings is 1. The molecule has 23 heavy (non-hydrogen) atoms. The van der Waals surface area contributed by atoms with Crippen LogP contribution in [0.15, 0.2) is 24.5 Å². The maximum absolute atomic E-state index is 12.2. The number of carbonyl (C=O) groups is 1. The Morgan fingerprint density at radius 2 is 2.30 bits per heavy atom. The molecule has 0 aliphatic heterocycles. The van der Waals surface area contributed by atoms with E-state index in [2.05, 4.69) is 30.6 Å². The fourth-order valence-corrected chi connectivity index (χ4v) is 3.20. The lowest BCUT2D eigenvalue weighted by molar-refractivity contribution is 0.0954. The van der Waals surface area contributed by atoms with E-state index in [1.54, 1.807) is 23.0 Å². The summed E-state index contributed by atoms with van der Waals surface area (Å²) in [5.74, 6) is 0.653. The van der Waals surface area contributed by atoms with Crippen molar-refractivity contribution in [2.24, 2.45) is 0 Å². The summed E-state index contributed by atoms with van der Waals surface area (Å²) >= 11 is 1.48. The molecule has 0 aliphatic carbocycles. The van der Waals surface area contributed by atoms with Crippen molar-refractivity contribution in [1.82, 2.24) is 35.1 Å². The van der Waals surface area contributed by atoms with Crippen LogP contribution in [-0.2, 0) is 6.42 Å². The van der Waals surface area contributed by atoms with Crippen LogP contribution in [0.4, 0.5) is 0 Å². The zero-order valence-electron chi connectivity index (χ0n) is 12.3. The normalized spacial score (nSPS) is 11.3. The molecule has 4 aromatic rings. The predicted molar refractivity (Wildman–Crippen MR) is 85.5 cm³/mol. The summed E-state index contributed by atoms with van der Waals surface area (Å²) in [7, 11) is 0. The molecule has 0 radical (unpaired) electrons. The first-order valence-electron chi connectivity index (χ1n) is 7.10. The molecular formula is C14H13N7OS. The molecule has 8 nitrogen and oxygen atoms in total. The van der Waals surface area contributed by atoms with E-state index in [0.717, 1.165) is 26.8 Å². The topological polar surface area (TPSA) is 101 Å². The van der Waals surface area contributed by atoms with Crippen molar-refractivity contribution in [1.29, 1.82) is 0 Å².